The van der Waals surface area contributed by atoms with E-state index in [1.807, 2.05) is 9.47 Å². The van der Waals surface area contributed by atoms with Gasteiger partial charge in [-0.25, -0.2) is 4.57 Å². The molecular formula is C18H20N6O5S3. The molecule has 5 rings (SSSR count). The van der Waals surface area contributed by atoms with Gasteiger partial charge in [0.15, 0.2) is 16.5 Å². The summed E-state index contributed by atoms with van der Waals surface area (Å²) in [6, 6.07) is 0. The predicted molar refractivity (Wildman–Crippen MR) is 121 cm³/mol. The molecule has 3 N–H and O–H groups in total. The van der Waals surface area contributed by atoms with E-state index in [0.717, 1.165) is 51.8 Å². The standard InChI is InChI=1S/C18H20N6O5S3/c1-3-18(2)4-8-9(5-29-18)32-14-12(8)13-19-21-16(30-6-10(25)26)23(13)15-20-22-17(24(14)15)31-7-11(27)28/h13,19H,3-7H2,1-2H3,(H,25,26)(H,27,28)/t13?,18-/m1/s1. The van der Waals surface area contributed by atoms with Gasteiger partial charge in [-0.05, 0) is 18.9 Å². The average molecular weight is 497 g/mol. The first-order valence-electron chi connectivity index (χ1n) is 9.87. The van der Waals surface area contributed by atoms with E-state index in [1.165, 1.54) is 5.56 Å². The monoisotopic (exact) mass is 496 g/mol. The van der Waals surface area contributed by atoms with Crippen molar-refractivity contribution in [1.82, 2.24) is 20.2 Å². The SMILES string of the molecule is CC[C@]1(C)Cc2c(sc3c2C2NN=C(SCC(=O)O)N2c2nnc(SCC(=O)O)n2-3)CO1. The van der Waals surface area contributed by atoms with Gasteiger partial charge in [0.05, 0.1) is 23.7 Å². The first kappa shape index (κ1) is 21.6. The number of thioether (sulfide) groups is 2. The molecule has 0 spiro atoms. The van der Waals surface area contributed by atoms with E-state index in [0.29, 0.717) is 22.9 Å². The van der Waals surface area contributed by atoms with E-state index in [1.54, 1.807) is 11.3 Å². The van der Waals surface area contributed by atoms with Crippen LogP contribution in [0.5, 0.6) is 0 Å². The Hall–Kier alpha value is -2.29. The third-order valence-corrected chi connectivity index (χ3v) is 8.72. The van der Waals surface area contributed by atoms with Crippen molar-refractivity contribution in [3.63, 3.8) is 0 Å². The summed E-state index contributed by atoms with van der Waals surface area (Å²) < 4.78 is 8.01. The van der Waals surface area contributed by atoms with Crippen LogP contribution in [0.3, 0.4) is 0 Å². The zero-order chi connectivity index (χ0) is 22.6. The largest absolute Gasteiger partial charge is 0.481 e. The zero-order valence-corrected chi connectivity index (χ0v) is 19.6. The Kier molecular flexibility index (Phi) is 5.34. The molecule has 0 bridgehead atoms. The summed E-state index contributed by atoms with van der Waals surface area (Å²) in [7, 11) is 0. The van der Waals surface area contributed by atoms with Gasteiger partial charge in [0, 0.05) is 16.9 Å². The van der Waals surface area contributed by atoms with Gasteiger partial charge in [-0.2, -0.15) is 5.10 Å². The first-order valence-corrected chi connectivity index (χ1v) is 12.7. The van der Waals surface area contributed by atoms with Crippen molar-refractivity contribution in [3.05, 3.63) is 16.0 Å². The minimum atomic E-state index is -0.944. The van der Waals surface area contributed by atoms with E-state index in [4.69, 9.17) is 14.9 Å². The number of thiophene rings is 1. The molecule has 14 heteroatoms. The van der Waals surface area contributed by atoms with Crippen molar-refractivity contribution >= 4 is 57.9 Å². The number of anilines is 1. The Morgan fingerprint density at radius 3 is 2.75 bits per heavy atom. The van der Waals surface area contributed by atoms with Gasteiger partial charge in [0.2, 0.25) is 5.95 Å². The number of carbonyl (C=O) groups is 2. The quantitative estimate of drug-likeness (QED) is 0.507. The van der Waals surface area contributed by atoms with Crippen LogP contribution < -0.4 is 10.3 Å². The molecule has 0 saturated heterocycles. The highest BCUT2D eigenvalue weighted by Crippen LogP contribution is 2.50. The van der Waals surface area contributed by atoms with E-state index < -0.39 is 11.9 Å². The van der Waals surface area contributed by atoms with Crippen LogP contribution in [-0.4, -0.2) is 59.2 Å². The highest BCUT2D eigenvalue weighted by molar-refractivity contribution is 8.14. The number of hydrogen-bond acceptors (Lipinski definition) is 11. The normalized spacial score (nSPS) is 23.0. The number of nitrogens with one attached hydrogen (secondary N) is 1. The number of carboxylic acid groups (broad SMARTS) is 2. The summed E-state index contributed by atoms with van der Waals surface area (Å²) in [6.07, 6.45) is 1.27. The van der Waals surface area contributed by atoms with Crippen LogP contribution in [0.15, 0.2) is 10.3 Å². The van der Waals surface area contributed by atoms with Crippen molar-refractivity contribution < 1.29 is 24.5 Å². The lowest BCUT2D eigenvalue weighted by molar-refractivity contribution is -0.134. The lowest BCUT2D eigenvalue weighted by Crippen LogP contribution is -2.40. The maximum absolute atomic E-state index is 11.2. The number of fused-ring (bicyclic) bond motifs is 8. The summed E-state index contributed by atoms with van der Waals surface area (Å²) in [5, 5.41) is 33.1. The Morgan fingerprint density at radius 2 is 2.03 bits per heavy atom. The van der Waals surface area contributed by atoms with Gasteiger partial charge >= 0.3 is 11.9 Å². The molecule has 5 heterocycles. The van der Waals surface area contributed by atoms with E-state index >= 15 is 0 Å². The van der Waals surface area contributed by atoms with Crippen molar-refractivity contribution in [2.24, 2.45) is 5.10 Å². The minimum Gasteiger partial charge on any atom is -0.481 e. The maximum atomic E-state index is 11.2. The molecule has 32 heavy (non-hydrogen) atoms. The molecule has 0 saturated carbocycles. The van der Waals surface area contributed by atoms with Gasteiger partial charge in [-0.15, -0.1) is 21.5 Å². The van der Waals surface area contributed by atoms with Crippen molar-refractivity contribution in [1.29, 1.82) is 0 Å². The fraction of sp³-hybridized carbons (Fsp3) is 0.500. The molecule has 170 valence electrons. The first-order chi connectivity index (χ1) is 15.3. The van der Waals surface area contributed by atoms with Crippen LogP contribution in [0.1, 0.15) is 42.4 Å². The van der Waals surface area contributed by atoms with Crippen LogP contribution in [-0.2, 0) is 27.4 Å². The minimum absolute atomic E-state index is 0.144. The molecule has 3 aliphatic heterocycles. The molecule has 0 aromatic carbocycles. The number of amidine groups is 1. The Morgan fingerprint density at radius 1 is 1.28 bits per heavy atom. The van der Waals surface area contributed by atoms with Crippen molar-refractivity contribution in [3.8, 4) is 5.00 Å². The average Bonchev–Trinajstić information content (AvgIpc) is 3.44. The van der Waals surface area contributed by atoms with Gasteiger partial charge in [0.1, 0.15) is 5.00 Å². The van der Waals surface area contributed by atoms with Crippen LogP contribution >= 0.6 is 34.9 Å². The Bertz CT molecular complexity index is 1150. The summed E-state index contributed by atoms with van der Waals surface area (Å²) >= 11 is 3.78. The number of carboxylic acids is 2. The molecule has 11 nitrogen and oxygen atoms in total. The third kappa shape index (κ3) is 3.45. The summed E-state index contributed by atoms with van der Waals surface area (Å²) in [5.41, 5.74) is 5.10. The van der Waals surface area contributed by atoms with Crippen molar-refractivity contribution in [2.75, 3.05) is 16.4 Å². The zero-order valence-electron chi connectivity index (χ0n) is 17.2. The molecule has 2 aromatic rings. The van der Waals surface area contributed by atoms with Gasteiger partial charge in [0.25, 0.3) is 0 Å². The van der Waals surface area contributed by atoms with Crippen LogP contribution in [0.25, 0.3) is 5.00 Å². The number of ether oxygens (including phenoxy) is 1. The molecule has 0 radical (unpaired) electrons. The second-order valence-corrected chi connectivity index (χ2v) is 10.7. The highest BCUT2D eigenvalue weighted by atomic mass is 32.2. The molecule has 0 aliphatic carbocycles. The fourth-order valence-electron chi connectivity index (χ4n) is 3.94. The number of rotatable bonds is 6. The second kappa shape index (κ2) is 7.93. The van der Waals surface area contributed by atoms with Gasteiger partial charge < -0.3 is 14.9 Å². The van der Waals surface area contributed by atoms with E-state index in [-0.39, 0.29) is 23.3 Å². The summed E-state index contributed by atoms with van der Waals surface area (Å²) in [6.45, 7) is 4.71. The molecule has 1 unspecified atom stereocenters. The molecule has 2 aromatic heterocycles. The molecule has 0 amide bonds. The topological polar surface area (TPSA) is 142 Å². The number of hydrazone groups is 1. The number of aliphatic carboxylic acids is 2. The van der Waals surface area contributed by atoms with E-state index in [9.17, 15) is 9.59 Å². The predicted octanol–water partition coefficient (Wildman–Crippen LogP) is 2.26. The van der Waals surface area contributed by atoms with Gasteiger partial charge in [-0.3, -0.25) is 19.9 Å². The maximum Gasteiger partial charge on any atom is 0.313 e. The smallest absolute Gasteiger partial charge is 0.313 e. The molecule has 0 fully saturated rings. The third-order valence-electron chi connectivity index (χ3n) is 5.67. The molecule has 2 atom stereocenters. The Labute approximate surface area is 195 Å². The molecule has 3 aliphatic rings. The number of hydrogen-bond donors (Lipinski definition) is 3. The van der Waals surface area contributed by atoms with Gasteiger partial charge in [-0.1, -0.05) is 30.4 Å². The lowest BCUT2D eigenvalue weighted by atomic mass is 9.88. The molecular weight excluding hydrogens is 476 g/mol. The van der Waals surface area contributed by atoms with E-state index in [2.05, 4.69) is 34.6 Å². The van der Waals surface area contributed by atoms with Crippen LogP contribution in [0.4, 0.5) is 5.95 Å². The summed E-state index contributed by atoms with van der Waals surface area (Å²) in [4.78, 5) is 25.3. The number of nitrogens with zero attached hydrogens (tertiary/aromatic N) is 5. The van der Waals surface area contributed by atoms with Crippen molar-refractivity contribution in [2.45, 2.75) is 50.2 Å². The van der Waals surface area contributed by atoms with Crippen LogP contribution in [0.2, 0.25) is 0 Å². The summed E-state index contributed by atoms with van der Waals surface area (Å²) in [5.74, 6) is -1.70. The second-order valence-electron chi connectivity index (χ2n) is 7.77. The lowest BCUT2D eigenvalue weighted by Gasteiger charge is -2.35. The van der Waals surface area contributed by atoms with Crippen LogP contribution in [0, 0.1) is 0 Å². The Balaban J connectivity index is 1.63. The highest BCUT2D eigenvalue weighted by Gasteiger charge is 2.46. The number of aromatic nitrogens is 3. The fourth-order valence-corrected chi connectivity index (χ4v) is 6.61.